The van der Waals surface area contributed by atoms with Gasteiger partial charge in [0.15, 0.2) is 0 Å². The lowest BCUT2D eigenvalue weighted by Crippen LogP contribution is -2.20. The molecule has 15 heavy (non-hydrogen) atoms. The van der Waals surface area contributed by atoms with E-state index in [9.17, 15) is 4.79 Å². The molecule has 0 N–H and O–H groups in total. The minimum atomic E-state index is -0.163. The van der Waals surface area contributed by atoms with Gasteiger partial charge in [-0.1, -0.05) is 12.1 Å². The molecule has 1 aromatic heterocycles. The first-order valence-corrected chi connectivity index (χ1v) is 4.64. The van der Waals surface area contributed by atoms with Crippen molar-refractivity contribution in [3.8, 4) is 6.07 Å². The summed E-state index contributed by atoms with van der Waals surface area (Å²) >= 11 is 0. The van der Waals surface area contributed by atoms with Crippen LogP contribution in [0.1, 0.15) is 6.42 Å². The monoisotopic (exact) mass is 199 g/mol. The van der Waals surface area contributed by atoms with Crippen LogP contribution in [0.3, 0.4) is 0 Å². The van der Waals surface area contributed by atoms with Gasteiger partial charge in [0.2, 0.25) is 0 Å². The van der Waals surface area contributed by atoms with Gasteiger partial charge in [0.25, 0.3) is 5.56 Å². The molecule has 0 aliphatic rings. The fourth-order valence-corrected chi connectivity index (χ4v) is 1.51. The fraction of sp³-hybridized carbons (Fsp3) is 0.182. The van der Waals surface area contributed by atoms with E-state index in [1.807, 2.05) is 30.3 Å². The molecule has 0 spiro atoms. The van der Waals surface area contributed by atoms with Gasteiger partial charge in [-0.15, -0.1) is 0 Å². The van der Waals surface area contributed by atoms with Gasteiger partial charge in [0, 0.05) is 6.54 Å². The molecule has 0 atom stereocenters. The molecule has 2 aromatic rings. The summed E-state index contributed by atoms with van der Waals surface area (Å²) in [5.41, 5.74) is 1.39. The second kappa shape index (κ2) is 3.93. The number of para-hydroxylation sites is 2. The standard InChI is InChI=1S/C11H9N3O/c12-6-3-7-14-10-5-2-1-4-9(10)13-8-11(14)15/h1-2,4-5,8H,3,7H2. The molecule has 0 saturated heterocycles. The Balaban J connectivity index is 2.64. The van der Waals surface area contributed by atoms with Crippen LogP contribution < -0.4 is 5.56 Å². The topological polar surface area (TPSA) is 58.7 Å². The van der Waals surface area contributed by atoms with Crippen LogP contribution in [-0.4, -0.2) is 9.55 Å². The molecule has 0 fully saturated rings. The molecule has 0 aliphatic carbocycles. The van der Waals surface area contributed by atoms with Gasteiger partial charge in [-0.05, 0) is 12.1 Å². The third-order valence-electron chi connectivity index (χ3n) is 2.20. The Morgan fingerprint density at radius 2 is 2.20 bits per heavy atom. The van der Waals surface area contributed by atoms with Crippen LogP contribution in [0.4, 0.5) is 0 Å². The average molecular weight is 199 g/mol. The second-order valence-corrected chi connectivity index (χ2v) is 3.14. The quantitative estimate of drug-likeness (QED) is 0.732. The summed E-state index contributed by atoms with van der Waals surface area (Å²) < 4.78 is 1.57. The van der Waals surface area contributed by atoms with E-state index in [1.165, 1.54) is 6.20 Å². The highest BCUT2D eigenvalue weighted by molar-refractivity contribution is 5.74. The molecular weight excluding hydrogens is 190 g/mol. The zero-order valence-corrected chi connectivity index (χ0v) is 8.05. The van der Waals surface area contributed by atoms with Crippen LogP contribution in [0.25, 0.3) is 11.0 Å². The van der Waals surface area contributed by atoms with Crippen LogP contribution in [0.2, 0.25) is 0 Å². The molecule has 0 amide bonds. The number of hydrogen-bond acceptors (Lipinski definition) is 3. The van der Waals surface area contributed by atoms with Gasteiger partial charge in [-0.3, -0.25) is 4.79 Å². The van der Waals surface area contributed by atoms with Crippen LogP contribution >= 0.6 is 0 Å². The van der Waals surface area contributed by atoms with Crippen LogP contribution in [0.5, 0.6) is 0 Å². The third-order valence-corrected chi connectivity index (χ3v) is 2.20. The zero-order chi connectivity index (χ0) is 10.7. The number of aryl methyl sites for hydroxylation is 1. The van der Waals surface area contributed by atoms with Crippen molar-refractivity contribution in [2.24, 2.45) is 0 Å². The molecule has 0 radical (unpaired) electrons. The summed E-state index contributed by atoms with van der Waals surface area (Å²) in [4.78, 5) is 15.6. The molecule has 0 aliphatic heterocycles. The summed E-state index contributed by atoms with van der Waals surface area (Å²) in [6, 6.07) is 9.43. The van der Waals surface area contributed by atoms with Crippen molar-refractivity contribution in [1.29, 1.82) is 5.26 Å². The van der Waals surface area contributed by atoms with Crippen molar-refractivity contribution in [1.82, 2.24) is 9.55 Å². The van der Waals surface area contributed by atoms with E-state index in [0.717, 1.165) is 11.0 Å². The second-order valence-electron chi connectivity index (χ2n) is 3.14. The molecule has 1 heterocycles. The maximum atomic E-state index is 11.5. The summed E-state index contributed by atoms with van der Waals surface area (Å²) in [5.74, 6) is 0. The third kappa shape index (κ3) is 1.72. The number of hydrogen-bond donors (Lipinski definition) is 0. The summed E-state index contributed by atoms with van der Waals surface area (Å²) in [6.07, 6.45) is 1.62. The first-order valence-electron chi connectivity index (χ1n) is 4.64. The summed E-state index contributed by atoms with van der Waals surface area (Å²) in [7, 11) is 0. The fourth-order valence-electron chi connectivity index (χ4n) is 1.51. The molecular formula is C11H9N3O. The first-order chi connectivity index (χ1) is 7.33. The van der Waals surface area contributed by atoms with Crippen molar-refractivity contribution in [3.05, 3.63) is 40.8 Å². The van der Waals surface area contributed by atoms with Crippen LogP contribution in [0.15, 0.2) is 35.3 Å². The van der Waals surface area contributed by atoms with Gasteiger partial charge in [-0.25, -0.2) is 4.98 Å². The van der Waals surface area contributed by atoms with Gasteiger partial charge < -0.3 is 4.57 Å². The molecule has 0 bridgehead atoms. The molecule has 0 unspecified atom stereocenters. The zero-order valence-electron chi connectivity index (χ0n) is 8.05. The Morgan fingerprint density at radius 1 is 1.40 bits per heavy atom. The van der Waals surface area contributed by atoms with E-state index >= 15 is 0 Å². The van der Waals surface area contributed by atoms with Gasteiger partial charge in [0.05, 0.1) is 29.7 Å². The predicted octanol–water partition coefficient (Wildman–Crippen LogP) is 1.31. The van der Waals surface area contributed by atoms with E-state index in [1.54, 1.807) is 4.57 Å². The number of benzene rings is 1. The Bertz CT molecular complexity index is 580. The van der Waals surface area contributed by atoms with Crippen molar-refractivity contribution in [2.45, 2.75) is 13.0 Å². The van der Waals surface area contributed by atoms with E-state index in [0.29, 0.717) is 13.0 Å². The largest absolute Gasteiger partial charge is 0.304 e. The minimum absolute atomic E-state index is 0.163. The number of nitriles is 1. The lowest BCUT2D eigenvalue weighted by Gasteiger charge is -2.06. The van der Waals surface area contributed by atoms with Gasteiger partial charge in [-0.2, -0.15) is 5.26 Å². The highest BCUT2D eigenvalue weighted by Crippen LogP contribution is 2.08. The SMILES string of the molecule is N#CCCn1c(=O)cnc2ccccc21. The minimum Gasteiger partial charge on any atom is -0.304 e. The highest BCUT2D eigenvalue weighted by atomic mass is 16.1. The van der Waals surface area contributed by atoms with Gasteiger partial charge >= 0.3 is 0 Å². The maximum absolute atomic E-state index is 11.5. The summed E-state index contributed by atoms with van der Waals surface area (Å²) in [6.45, 7) is 0.415. The van der Waals surface area contributed by atoms with E-state index in [2.05, 4.69) is 4.98 Å². The molecule has 1 aromatic carbocycles. The Kier molecular flexibility index (Phi) is 2.46. The lowest BCUT2D eigenvalue weighted by atomic mass is 10.3. The number of nitrogens with zero attached hydrogens (tertiary/aromatic N) is 3. The number of aromatic nitrogens is 2. The molecule has 0 saturated carbocycles. The average Bonchev–Trinajstić information content (AvgIpc) is 2.28. The van der Waals surface area contributed by atoms with Crippen LogP contribution in [-0.2, 0) is 6.54 Å². The first kappa shape index (κ1) is 9.41. The highest BCUT2D eigenvalue weighted by Gasteiger charge is 2.02. The van der Waals surface area contributed by atoms with Crippen molar-refractivity contribution < 1.29 is 0 Å². The normalized spacial score (nSPS) is 10.1. The molecule has 74 valence electrons. The van der Waals surface area contributed by atoms with Gasteiger partial charge in [0.1, 0.15) is 0 Å². The summed E-state index contributed by atoms with van der Waals surface area (Å²) in [5, 5.41) is 8.51. The predicted molar refractivity (Wildman–Crippen MR) is 56.2 cm³/mol. The molecule has 2 rings (SSSR count). The molecule has 4 heteroatoms. The van der Waals surface area contributed by atoms with E-state index in [4.69, 9.17) is 5.26 Å². The Hall–Kier alpha value is -2.15. The number of fused-ring (bicyclic) bond motifs is 1. The Morgan fingerprint density at radius 3 is 3.00 bits per heavy atom. The molecule has 4 nitrogen and oxygen atoms in total. The van der Waals surface area contributed by atoms with Crippen molar-refractivity contribution >= 4 is 11.0 Å². The van der Waals surface area contributed by atoms with Crippen LogP contribution in [0, 0.1) is 11.3 Å². The Labute approximate surface area is 86.4 Å². The van der Waals surface area contributed by atoms with Crippen molar-refractivity contribution in [2.75, 3.05) is 0 Å². The smallest absolute Gasteiger partial charge is 0.269 e. The van der Waals surface area contributed by atoms with Crippen molar-refractivity contribution in [3.63, 3.8) is 0 Å². The lowest BCUT2D eigenvalue weighted by molar-refractivity contribution is 0.709. The van der Waals surface area contributed by atoms with E-state index in [-0.39, 0.29) is 5.56 Å². The number of rotatable bonds is 2. The van der Waals surface area contributed by atoms with E-state index < -0.39 is 0 Å². The maximum Gasteiger partial charge on any atom is 0.269 e.